The lowest BCUT2D eigenvalue weighted by atomic mass is 9.97. The number of aromatic nitrogens is 2. The summed E-state index contributed by atoms with van der Waals surface area (Å²) >= 11 is 0. The maximum absolute atomic E-state index is 12.8. The Balaban J connectivity index is 1.34. The lowest BCUT2D eigenvalue weighted by Gasteiger charge is -2.26. The SMILES string of the molecule is O=C(Nc1cccc(OCCN2CCCCC2)c1)c1n[nH]c2c1CCCCCC2. The van der Waals surface area contributed by atoms with E-state index in [4.69, 9.17) is 4.74 Å². The number of nitrogens with one attached hydrogen (secondary N) is 2. The maximum Gasteiger partial charge on any atom is 0.276 e. The van der Waals surface area contributed by atoms with Gasteiger partial charge in [-0.15, -0.1) is 0 Å². The molecule has 0 saturated carbocycles. The van der Waals surface area contributed by atoms with Crippen molar-refractivity contribution in [2.45, 2.75) is 57.8 Å². The third kappa shape index (κ3) is 5.38. The zero-order valence-corrected chi connectivity index (χ0v) is 17.2. The summed E-state index contributed by atoms with van der Waals surface area (Å²) in [4.78, 5) is 15.3. The van der Waals surface area contributed by atoms with Gasteiger partial charge in [0.15, 0.2) is 5.69 Å². The molecule has 6 heteroatoms. The summed E-state index contributed by atoms with van der Waals surface area (Å²) in [6, 6.07) is 7.65. The Bertz CT molecular complexity index is 811. The Morgan fingerprint density at radius 1 is 1.07 bits per heavy atom. The van der Waals surface area contributed by atoms with E-state index in [1.165, 1.54) is 45.2 Å². The van der Waals surface area contributed by atoms with Gasteiger partial charge in [-0.25, -0.2) is 0 Å². The van der Waals surface area contributed by atoms with Crippen LogP contribution in [0, 0.1) is 0 Å². The van der Waals surface area contributed by atoms with Gasteiger partial charge in [0.25, 0.3) is 5.91 Å². The number of hydrogen-bond acceptors (Lipinski definition) is 4. The normalized spacial score (nSPS) is 17.8. The van der Waals surface area contributed by atoms with E-state index in [2.05, 4.69) is 20.4 Å². The largest absolute Gasteiger partial charge is 0.492 e. The molecule has 2 N–H and O–H groups in total. The number of nitrogens with zero attached hydrogens (tertiary/aromatic N) is 2. The van der Waals surface area contributed by atoms with E-state index in [-0.39, 0.29) is 5.91 Å². The summed E-state index contributed by atoms with van der Waals surface area (Å²) in [6.07, 6.45) is 10.6. The fourth-order valence-electron chi connectivity index (χ4n) is 4.35. The molecule has 0 bridgehead atoms. The fourth-order valence-corrected chi connectivity index (χ4v) is 4.35. The van der Waals surface area contributed by atoms with E-state index in [0.29, 0.717) is 12.3 Å². The summed E-state index contributed by atoms with van der Waals surface area (Å²) in [5.74, 6) is 0.644. The Hall–Kier alpha value is -2.34. The van der Waals surface area contributed by atoms with Crippen molar-refractivity contribution < 1.29 is 9.53 Å². The highest BCUT2D eigenvalue weighted by Gasteiger charge is 2.20. The van der Waals surface area contributed by atoms with E-state index in [1.807, 2.05) is 24.3 Å². The van der Waals surface area contributed by atoms with Crippen molar-refractivity contribution >= 4 is 11.6 Å². The first-order valence-electron chi connectivity index (χ1n) is 11.1. The first-order chi connectivity index (χ1) is 14.3. The van der Waals surface area contributed by atoms with Gasteiger partial charge in [0.05, 0.1) is 0 Å². The number of anilines is 1. The number of aromatic amines is 1. The van der Waals surface area contributed by atoms with Crippen LogP contribution in [0.25, 0.3) is 0 Å². The van der Waals surface area contributed by atoms with E-state index in [1.54, 1.807) is 0 Å². The molecule has 1 aliphatic carbocycles. The highest BCUT2D eigenvalue weighted by molar-refractivity contribution is 6.04. The summed E-state index contributed by atoms with van der Waals surface area (Å²) in [5.41, 5.74) is 3.51. The Morgan fingerprint density at radius 3 is 2.72 bits per heavy atom. The third-order valence-corrected chi connectivity index (χ3v) is 5.99. The Kier molecular flexibility index (Phi) is 6.83. The van der Waals surface area contributed by atoms with Gasteiger partial charge < -0.3 is 10.1 Å². The number of amides is 1. The fraction of sp³-hybridized carbons (Fsp3) is 0.565. The predicted octanol–water partition coefficient (Wildman–Crippen LogP) is 4.19. The molecule has 0 radical (unpaired) electrons. The number of piperidine rings is 1. The highest BCUT2D eigenvalue weighted by Crippen LogP contribution is 2.23. The van der Waals surface area contributed by atoms with Crippen LogP contribution in [0.4, 0.5) is 5.69 Å². The van der Waals surface area contributed by atoms with Crippen molar-refractivity contribution in [3.05, 3.63) is 41.2 Å². The second-order valence-corrected chi connectivity index (χ2v) is 8.18. The minimum Gasteiger partial charge on any atom is -0.492 e. The minimum absolute atomic E-state index is 0.145. The van der Waals surface area contributed by atoms with E-state index in [9.17, 15) is 4.79 Å². The molecule has 2 heterocycles. The van der Waals surface area contributed by atoms with Crippen molar-refractivity contribution in [3.63, 3.8) is 0 Å². The average Bonchev–Trinajstić information content (AvgIpc) is 3.11. The van der Waals surface area contributed by atoms with Gasteiger partial charge in [0, 0.05) is 29.6 Å². The van der Waals surface area contributed by atoms with Crippen molar-refractivity contribution in [1.82, 2.24) is 15.1 Å². The van der Waals surface area contributed by atoms with Crippen LogP contribution < -0.4 is 10.1 Å². The van der Waals surface area contributed by atoms with Gasteiger partial charge in [0.2, 0.25) is 0 Å². The van der Waals surface area contributed by atoms with Crippen LogP contribution in [0.1, 0.15) is 66.7 Å². The van der Waals surface area contributed by atoms with Crippen LogP contribution in [0.3, 0.4) is 0 Å². The zero-order chi connectivity index (χ0) is 19.9. The van der Waals surface area contributed by atoms with Crippen molar-refractivity contribution in [2.75, 3.05) is 31.6 Å². The average molecular weight is 397 g/mol. The number of H-pyrrole nitrogens is 1. The molecule has 1 saturated heterocycles. The number of carbonyl (C=O) groups excluding carboxylic acids is 1. The summed E-state index contributed by atoms with van der Waals surface area (Å²) < 4.78 is 5.93. The summed E-state index contributed by atoms with van der Waals surface area (Å²) in [5, 5.41) is 10.4. The molecule has 4 rings (SSSR count). The van der Waals surface area contributed by atoms with Gasteiger partial charge in [-0.05, 0) is 63.7 Å². The summed E-state index contributed by atoms with van der Waals surface area (Å²) in [6.45, 7) is 3.97. The third-order valence-electron chi connectivity index (χ3n) is 5.99. The number of ether oxygens (including phenoxy) is 1. The van der Waals surface area contributed by atoms with Crippen LogP contribution in [-0.2, 0) is 12.8 Å². The first-order valence-corrected chi connectivity index (χ1v) is 11.1. The molecule has 0 unspecified atom stereocenters. The van der Waals surface area contributed by atoms with Crippen LogP contribution in [-0.4, -0.2) is 47.2 Å². The molecular weight excluding hydrogens is 364 g/mol. The van der Waals surface area contributed by atoms with Crippen LogP contribution in [0.15, 0.2) is 24.3 Å². The smallest absolute Gasteiger partial charge is 0.276 e. The van der Waals surface area contributed by atoms with Crippen molar-refractivity contribution in [2.24, 2.45) is 0 Å². The molecule has 6 nitrogen and oxygen atoms in total. The topological polar surface area (TPSA) is 70.2 Å². The highest BCUT2D eigenvalue weighted by atomic mass is 16.5. The lowest BCUT2D eigenvalue weighted by Crippen LogP contribution is -2.33. The molecule has 1 aromatic carbocycles. The monoisotopic (exact) mass is 396 g/mol. The number of rotatable bonds is 6. The molecular formula is C23H32N4O2. The number of benzene rings is 1. The van der Waals surface area contributed by atoms with E-state index in [0.717, 1.165) is 54.9 Å². The quantitative estimate of drug-likeness (QED) is 0.768. The lowest BCUT2D eigenvalue weighted by molar-refractivity contribution is 0.102. The molecule has 1 aromatic heterocycles. The van der Waals surface area contributed by atoms with E-state index < -0.39 is 0 Å². The number of fused-ring (bicyclic) bond motifs is 1. The van der Waals surface area contributed by atoms with Crippen molar-refractivity contribution in [3.8, 4) is 5.75 Å². The molecule has 2 aromatic rings. The van der Waals surface area contributed by atoms with Crippen LogP contribution in [0.2, 0.25) is 0 Å². The molecule has 1 fully saturated rings. The second-order valence-electron chi connectivity index (χ2n) is 8.18. The minimum atomic E-state index is -0.145. The molecule has 156 valence electrons. The van der Waals surface area contributed by atoms with Gasteiger partial charge in [-0.2, -0.15) is 5.10 Å². The number of likely N-dealkylation sites (tertiary alicyclic amines) is 1. The van der Waals surface area contributed by atoms with Gasteiger partial charge in [-0.3, -0.25) is 14.8 Å². The Labute approximate surface area is 173 Å². The standard InChI is InChI=1S/C23H32N4O2/c28-23(22-20-11-4-1-2-5-12-21(20)25-26-22)24-18-9-8-10-19(17-18)29-16-15-27-13-6-3-7-14-27/h8-10,17H,1-7,11-16H2,(H,24,28)(H,25,26). The maximum atomic E-state index is 12.8. The van der Waals surface area contributed by atoms with Crippen molar-refractivity contribution in [1.29, 1.82) is 0 Å². The van der Waals surface area contributed by atoms with Gasteiger partial charge in [0.1, 0.15) is 12.4 Å². The molecule has 2 aliphatic rings. The predicted molar refractivity (Wildman–Crippen MR) is 115 cm³/mol. The van der Waals surface area contributed by atoms with Crippen LogP contribution in [0.5, 0.6) is 5.75 Å². The molecule has 1 amide bonds. The Morgan fingerprint density at radius 2 is 1.86 bits per heavy atom. The zero-order valence-electron chi connectivity index (χ0n) is 17.2. The number of hydrogen-bond donors (Lipinski definition) is 2. The molecule has 1 aliphatic heterocycles. The summed E-state index contributed by atoms with van der Waals surface area (Å²) in [7, 11) is 0. The molecule has 0 atom stereocenters. The second kappa shape index (κ2) is 9.92. The first kappa shape index (κ1) is 20.0. The van der Waals surface area contributed by atoms with E-state index >= 15 is 0 Å². The molecule has 29 heavy (non-hydrogen) atoms. The molecule has 0 spiro atoms. The number of aryl methyl sites for hydroxylation is 1. The van der Waals surface area contributed by atoms with Gasteiger partial charge >= 0.3 is 0 Å². The van der Waals surface area contributed by atoms with Gasteiger partial charge in [-0.1, -0.05) is 25.3 Å². The number of carbonyl (C=O) groups is 1. The van der Waals surface area contributed by atoms with Crippen LogP contribution >= 0.6 is 0 Å².